The smallest absolute Gasteiger partial charge is 0.317 e. The number of nitrogens with one attached hydrogen (secondary N) is 1. The molecule has 86 valence electrons. The Morgan fingerprint density at radius 2 is 1.94 bits per heavy atom. The van der Waals surface area contributed by atoms with Crippen molar-refractivity contribution in [2.45, 2.75) is 19.4 Å². The van der Waals surface area contributed by atoms with Crippen LogP contribution in [0.2, 0.25) is 0 Å². The zero-order chi connectivity index (χ0) is 12.0. The maximum absolute atomic E-state index is 11.3. The Balaban J connectivity index is 2.58. The van der Waals surface area contributed by atoms with Gasteiger partial charge in [0.15, 0.2) is 0 Å². The van der Waals surface area contributed by atoms with Crippen LogP contribution in [0.15, 0.2) is 30.3 Å². The summed E-state index contributed by atoms with van der Waals surface area (Å²) in [5.74, 6) is -1.01. The molecular weight excluding hydrogens is 206 g/mol. The molecule has 1 aromatic carbocycles. The topological polar surface area (TPSA) is 66.4 Å². The van der Waals surface area contributed by atoms with Crippen LogP contribution in [-0.2, 0) is 16.0 Å². The molecule has 1 rings (SSSR count). The van der Waals surface area contributed by atoms with Gasteiger partial charge in [0.05, 0.1) is 12.6 Å². The number of hydrogen-bond donors (Lipinski definition) is 2. The molecule has 0 aliphatic carbocycles. The molecule has 1 unspecified atom stereocenters. The number of carboxylic acid groups (broad SMARTS) is 1. The van der Waals surface area contributed by atoms with Gasteiger partial charge in [-0.3, -0.25) is 14.9 Å². The number of carbonyl (C=O) groups is 2. The minimum absolute atomic E-state index is 0.0508. The highest BCUT2D eigenvalue weighted by molar-refractivity contribution is 5.82. The van der Waals surface area contributed by atoms with E-state index in [9.17, 15) is 9.59 Å². The van der Waals surface area contributed by atoms with Crippen LogP contribution in [0.5, 0.6) is 0 Å². The van der Waals surface area contributed by atoms with E-state index in [0.29, 0.717) is 6.42 Å². The highest BCUT2D eigenvalue weighted by Crippen LogP contribution is 2.03. The predicted octanol–water partition coefficient (Wildman–Crippen LogP) is 0.861. The van der Waals surface area contributed by atoms with E-state index in [0.717, 1.165) is 5.56 Å². The Hall–Kier alpha value is -1.68. The Morgan fingerprint density at radius 3 is 2.44 bits per heavy atom. The normalized spacial score (nSPS) is 12.1. The van der Waals surface area contributed by atoms with E-state index in [2.05, 4.69) is 5.32 Å². The molecule has 0 heterocycles. The molecule has 2 N–H and O–H groups in total. The third-order valence-corrected chi connectivity index (χ3v) is 2.27. The molecule has 0 aliphatic heterocycles. The molecule has 0 bridgehead atoms. The number of hydrogen-bond acceptors (Lipinski definition) is 3. The van der Waals surface area contributed by atoms with Gasteiger partial charge in [-0.05, 0) is 18.9 Å². The zero-order valence-corrected chi connectivity index (χ0v) is 9.14. The van der Waals surface area contributed by atoms with Crippen LogP contribution in [0.3, 0.4) is 0 Å². The quantitative estimate of drug-likeness (QED) is 0.747. The molecule has 0 fully saturated rings. The maximum Gasteiger partial charge on any atom is 0.317 e. The van der Waals surface area contributed by atoms with Crippen molar-refractivity contribution in [3.8, 4) is 0 Å². The second kappa shape index (κ2) is 6.02. The van der Waals surface area contributed by atoms with Crippen LogP contribution in [0.1, 0.15) is 12.5 Å². The van der Waals surface area contributed by atoms with Gasteiger partial charge in [0, 0.05) is 0 Å². The molecule has 0 saturated heterocycles. The average molecular weight is 221 g/mol. The van der Waals surface area contributed by atoms with Gasteiger partial charge in [0.1, 0.15) is 5.78 Å². The van der Waals surface area contributed by atoms with Gasteiger partial charge in [0.2, 0.25) is 0 Å². The Labute approximate surface area is 94.3 Å². The molecule has 16 heavy (non-hydrogen) atoms. The highest BCUT2D eigenvalue weighted by atomic mass is 16.4. The van der Waals surface area contributed by atoms with Crippen LogP contribution in [0.4, 0.5) is 0 Å². The van der Waals surface area contributed by atoms with E-state index in [1.54, 1.807) is 0 Å². The number of carboxylic acids is 1. The van der Waals surface area contributed by atoms with Crippen LogP contribution < -0.4 is 5.32 Å². The molecule has 1 aromatic rings. The lowest BCUT2D eigenvalue weighted by Gasteiger charge is -2.14. The molecule has 0 radical (unpaired) electrons. The SMILES string of the molecule is CC(=O)C(Cc1ccccc1)NCC(=O)O. The summed E-state index contributed by atoms with van der Waals surface area (Å²) >= 11 is 0. The first kappa shape index (κ1) is 12.4. The van der Waals surface area contributed by atoms with Crippen molar-refractivity contribution in [3.05, 3.63) is 35.9 Å². The third-order valence-electron chi connectivity index (χ3n) is 2.27. The predicted molar refractivity (Wildman–Crippen MR) is 60.3 cm³/mol. The lowest BCUT2D eigenvalue weighted by molar-refractivity contribution is -0.136. The first-order chi connectivity index (χ1) is 7.59. The molecule has 0 aromatic heterocycles. The monoisotopic (exact) mass is 221 g/mol. The fourth-order valence-corrected chi connectivity index (χ4v) is 1.42. The number of aliphatic carboxylic acids is 1. The van der Waals surface area contributed by atoms with Crippen LogP contribution in [0.25, 0.3) is 0 Å². The summed E-state index contributed by atoms with van der Waals surface area (Å²) in [5, 5.41) is 11.3. The van der Waals surface area contributed by atoms with Crippen molar-refractivity contribution in [2.24, 2.45) is 0 Å². The summed E-state index contributed by atoms with van der Waals surface area (Å²) in [6, 6.07) is 9.08. The molecular formula is C12H15NO3. The summed E-state index contributed by atoms with van der Waals surface area (Å²) in [4.78, 5) is 21.7. The standard InChI is InChI=1S/C12H15NO3/c1-9(14)11(13-8-12(15)16)7-10-5-3-2-4-6-10/h2-6,11,13H,7-8H2,1H3,(H,15,16). The van der Waals surface area contributed by atoms with Crippen LogP contribution >= 0.6 is 0 Å². The summed E-state index contributed by atoms with van der Waals surface area (Å²) in [5.41, 5.74) is 1.01. The van der Waals surface area contributed by atoms with E-state index in [1.807, 2.05) is 30.3 Å². The molecule has 0 amide bonds. The van der Waals surface area contributed by atoms with Gasteiger partial charge in [-0.2, -0.15) is 0 Å². The van der Waals surface area contributed by atoms with Crippen molar-refractivity contribution in [1.29, 1.82) is 0 Å². The van der Waals surface area contributed by atoms with Gasteiger partial charge in [-0.15, -0.1) is 0 Å². The molecule has 0 saturated carbocycles. The van der Waals surface area contributed by atoms with Gasteiger partial charge in [0.25, 0.3) is 0 Å². The Morgan fingerprint density at radius 1 is 1.31 bits per heavy atom. The molecule has 0 aliphatic rings. The highest BCUT2D eigenvalue weighted by Gasteiger charge is 2.15. The first-order valence-corrected chi connectivity index (χ1v) is 5.09. The van der Waals surface area contributed by atoms with Crippen molar-refractivity contribution in [3.63, 3.8) is 0 Å². The fraction of sp³-hybridized carbons (Fsp3) is 0.333. The molecule has 4 nitrogen and oxygen atoms in total. The van der Waals surface area contributed by atoms with E-state index < -0.39 is 12.0 Å². The average Bonchev–Trinajstić information content (AvgIpc) is 2.25. The van der Waals surface area contributed by atoms with E-state index in [1.165, 1.54) is 6.92 Å². The van der Waals surface area contributed by atoms with E-state index >= 15 is 0 Å². The Bertz CT molecular complexity index is 362. The van der Waals surface area contributed by atoms with E-state index in [-0.39, 0.29) is 12.3 Å². The molecule has 0 spiro atoms. The second-order valence-electron chi connectivity index (χ2n) is 3.63. The molecule has 4 heteroatoms. The molecule has 1 atom stereocenters. The largest absolute Gasteiger partial charge is 0.480 e. The van der Waals surface area contributed by atoms with Crippen molar-refractivity contribution < 1.29 is 14.7 Å². The minimum Gasteiger partial charge on any atom is -0.480 e. The lowest BCUT2D eigenvalue weighted by atomic mass is 10.0. The zero-order valence-electron chi connectivity index (χ0n) is 9.14. The maximum atomic E-state index is 11.3. The van der Waals surface area contributed by atoms with Crippen LogP contribution in [0, 0.1) is 0 Å². The van der Waals surface area contributed by atoms with E-state index in [4.69, 9.17) is 5.11 Å². The number of carbonyl (C=O) groups excluding carboxylic acids is 1. The summed E-state index contributed by atoms with van der Waals surface area (Å²) < 4.78 is 0. The second-order valence-corrected chi connectivity index (χ2v) is 3.63. The fourth-order valence-electron chi connectivity index (χ4n) is 1.42. The summed E-state index contributed by atoms with van der Waals surface area (Å²) in [6.07, 6.45) is 0.517. The minimum atomic E-state index is -0.959. The van der Waals surface area contributed by atoms with Gasteiger partial charge < -0.3 is 5.11 Å². The number of benzene rings is 1. The van der Waals surface area contributed by atoms with Crippen molar-refractivity contribution in [1.82, 2.24) is 5.32 Å². The summed E-state index contributed by atoms with van der Waals surface area (Å²) in [6.45, 7) is 1.26. The number of rotatable bonds is 6. The third kappa shape index (κ3) is 4.23. The van der Waals surface area contributed by atoms with Gasteiger partial charge in [-0.25, -0.2) is 0 Å². The number of ketones is 1. The van der Waals surface area contributed by atoms with Gasteiger partial charge in [-0.1, -0.05) is 30.3 Å². The van der Waals surface area contributed by atoms with Gasteiger partial charge >= 0.3 is 5.97 Å². The first-order valence-electron chi connectivity index (χ1n) is 5.09. The lowest BCUT2D eigenvalue weighted by Crippen LogP contribution is -2.40. The summed E-state index contributed by atoms with van der Waals surface area (Å²) in [7, 11) is 0. The van der Waals surface area contributed by atoms with Crippen molar-refractivity contribution >= 4 is 11.8 Å². The Kier molecular flexibility index (Phi) is 4.66. The van der Waals surface area contributed by atoms with Crippen molar-refractivity contribution in [2.75, 3.05) is 6.54 Å². The van der Waals surface area contributed by atoms with Crippen LogP contribution in [-0.4, -0.2) is 29.4 Å². The number of Topliss-reactive ketones (excluding diaryl/α,β-unsaturated/α-hetero) is 1.